The van der Waals surface area contributed by atoms with Gasteiger partial charge >= 0.3 is 6.03 Å². The predicted octanol–water partition coefficient (Wildman–Crippen LogP) is 0.287. The number of aromatic nitrogens is 2. The molecule has 5 N–H and O–H groups in total. The molecule has 22 heavy (non-hydrogen) atoms. The molecular formula is C13H13N7O2. The van der Waals surface area contributed by atoms with Gasteiger partial charge in [0.25, 0.3) is 0 Å². The number of hydrogen-bond acceptors (Lipinski definition) is 7. The minimum Gasteiger partial charge on any atom is -0.497 e. The lowest BCUT2D eigenvalue weighted by atomic mass is 10.1. The van der Waals surface area contributed by atoms with E-state index in [9.17, 15) is 10.1 Å². The van der Waals surface area contributed by atoms with E-state index >= 15 is 0 Å². The number of urea groups is 1. The van der Waals surface area contributed by atoms with Crippen LogP contribution in [-0.4, -0.2) is 23.1 Å². The normalized spacial score (nSPS) is 9.73. The molecule has 0 saturated heterocycles. The summed E-state index contributed by atoms with van der Waals surface area (Å²) in [5.41, 5.74) is 2.86. The van der Waals surface area contributed by atoms with Crippen molar-refractivity contribution in [1.29, 1.82) is 5.26 Å². The first kappa shape index (κ1) is 15.2. The quantitative estimate of drug-likeness (QED) is 0.419. The number of methoxy groups -OCH3 is 1. The number of amides is 2. The Hall–Kier alpha value is -3.22. The molecule has 0 fully saturated rings. The molecule has 2 amide bonds. The van der Waals surface area contributed by atoms with Crippen LogP contribution < -0.4 is 26.9 Å². The number of nitrogens with zero attached hydrogens (tertiary/aromatic N) is 4. The Morgan fingerprint density at radius 3 is 2.86 bits per heavy atom. The Morgan fingerprint density at radius 2 is 2.23 bits per heavy atom. The van der Waals surface area contributed by atoms with Gasteiger partial charge in [0.1, 0.15) is 23.7 Å². The molecule has 1 heterocycles. The zero-order chi connectivity index (χ0) is 16.1. The van der Waals surface area contributed by atoms with Gasteiger partial charge in [-0.1, -0.05) is 12.1 Å². The van der Waals surface area contributed by atoms with Crippen LogP contribution in [0.25, 0.3) is 11.3 Å². The molecule has 1 aromatic heterocycles. The first-order valence-electron chi connectivity index (χ1n) is 6.07. The number of benzene rings is 1. The molecule has 0 atom stereocenters. The second-order valence-corrected chi connectivity index (χ2v) is 4.08. The lowest BCUT2D eigenvalue weighted by Crippen LogP contribution is -2.48. The number of nitrogens with one attached hydrogen (secondary N) is 1. The van der Waals surface area contributed by atoms with Crippen LogP contribution in [0.4, 0.5) is 10.6 Å². The first-order chi connectivity index (χ1) is 10.6. The van der Waals surface area contributed by atoms with Crippen molar-refractivity contribution in [3.05, 3.63) is 36.2 Å². The minimum absolute atomic E-state index is 0.0434. The van der Waals surface area contributed by atoms with E-state index in [4.69, 9.17) is 16.4 Å². The topological polar surface area (TPSA) is 143 Å². The van der Waals surface area contributed by atoms with Gasteiger partial charge in [0, 0.05) is 5.56 Å². The van der Waals surface area contributed by atoms with Crippen molar-refractivity contribution in [2.24, 2.45) is 11.7 Å². The van der Waals surface area contributed by atoms with Crippen LogP contribution in [0.2, 0.25) is 0 Å². The second kappa shape index (κ2) is 6.49. The average Bonchev–Trinajstić information content (AvgIpc) is 2.59. The zero-order valence-corrected chi connectivity index (χ0v) is 11.6. The standard InChI is InChI=1S/C13H13N7O2/c1-22-9-4-2-3-8(5-9)11-10(6-14)12(18-7-17-11)20(16)13(21)19-15/h2-5,7H,15-16H2,1H3,(H,19,21). The molecule has 0 spiro atoms. The summed E-state index contributed by atoms with van der Waals surface area (Å²) in [5.74, 6) is 11.2. The zero-order valence-electron chi connectivity index (χ0n) is 11.6. The van der Waals surface area contributed by atoms with Gasteiger partial charge < -0.3 is 4.74 Å². The maximum absolute atomic E-state index is 11.5. The van der Waals surface area contributed by atoms with Crippen LogP contribution >= 0.6 is 0 Å². The molecule has 9 heteroatoms. The van der Waals surface area contributed by atoms with E-state index in [0.29, 0.717) is 22.0 Å². The lowest BCUT2D eigenvalue weighted by molar-refractivity contribution is 0.246. The monoisotopic (exact) mass is 299 g/mol. The van der Waals surface area contributed by atoms with Crippen LogP contribution in [0.5, 0.6) is 5.75 Å². The maximum atomic E-state index is 11.5. The Labute approximate surface area is 126 Å². The second-order valence-electron chi connectivity index (χ2n) is 4.08. The highest BCUT2D eigenvalue weighted by molar-refractivity contribution is 5.91. The van der Waals surface area contributed by atoms with E-state index in [2.05, 4.69) is 9.97 Å². The van der Waals surface area contributed by atoms with E-state index in [-0.39, 0.29) is 11.4 Å². The van der Waals surface area contributed by atoms with E-state index in [0.717, 1.165) is 0 Å². The van der Waals surface area contributed by atoms with E-state index in [1.165, 1.54) is 13.4 Å². The molecule has 0 aliphatic heterocycles. The first-order valence-corrected chi connectivity index (χ1v) is 6.07. The van der Waals surface area contributed by atoms with Gasteiger partial charge in [-0.15, -0.1) is 0 Å². The molecular weight excluding hydrogens is 286 g/mol. The molecule has 2 aromatic rings. The van der Waals surface area contributed by atoms with Crippen molar-refractivity contribution < 1.29 is 9.53 Å². The Bertz CT molecular complexity index is 741. The van der Waals surface area contributed by atoms with Gasteiger partial charge in [-0.3, -0.25) is 5.43 Å². The van der Waals surface area contributed by atoms with Crippen molar-refractivity contribution >= 4 is 11.8 Å². The van der Waals surface area contributed by atoms with Crippen molar-refractivity contribution in [2.45, 2.75) is 0 Å². The molecule has 0 unspecified atom stereocenters. The number of anilines is 1. The van der Waals surface area contributed by atoms with Crippen LogP contribution in [0.1, 0.15) is 5.56 Å². The summed E-state index contributed by atoms with van der Waals surface area (Å²) in [4.78, 5) is 19.5. The van der Waals surface area contributed by atoms with Crippen molar-refractivity contribution in [2.75, 3.05) is 12.1 Å². The fraction of sp³-hybridized carbons (Fsp3) is 0.0769. The third kappa shape index (κ3) is 2.78. The molecule has 0 saturated carbocycles. The molecule has 0 aliphatic rings. The number of rotatable bonds is 3. The van der Waals surface area contributed by atoms with E-state index in [1.807, 2.05) is 11.5 Å². The van der Waals surface area contributed by atoms with E-state index < -0.39 is 6.03 Å². The smallest absolute Gasteiger partial charge is 0.351 e. The number of hydrazine groups is 2. The largest absolute Gasteiger partial charge is 0.497 e. The summed E-state index contributed by atoms with van der Waals surface area (Å²) >= 11 is 0. The number of carbonyl (C=O) groups is 1. The lowest BCUT2D eigenvalue weighted by Gasteiger charge is -2.16. The van der Waals surface area contributed by atoms with Crippen LogP contribution in [0.15, 0.2) is 30.6 Å². The number of ether oxygens (including phenoxy) is 1. The summed E-state index contributed by atoms with van der Waals surface area (Å²) in [6.07, 6.45) is 1.20. The number of carbonyl (C=O) groups excluding carboxylic acids is 1. The molecule has 0 radical (unpaired) electrons. The fourth-order valence-corrected chi connectivity index (χ4v) is 1.82. The Morgan fingerprint density at radius 1 is 1.45 bits per heavy atom. The van der Waals surface area contributed by atoms with Crippen LogP contribution in [0, 0.1) is 11.3 Å². The molecule has 0 aliphatic carbocycles. The summed E-state index contributed by atoms with van der Waals surface area (Å²) in [7, 11) is 1.53. The highest BCUT2D eigenvalue weighted by atomic mass is 16.5. The highest BCUT2D eigenvalue weighted by Gasteiger charge is 2.20. The maximum Gasteiger partial charge on any atom is 0.351 e. The van der Waals surface area contributed by atoms with Gasteiger partial charge in [0.05, 0.1) is 12.8 Å². The summed E-state index contributed by atoms with van der Waals surface area (Å²) in [6, 6.07) is 8.11. The third-order valence-electron chi connectivity index (χ3n) is 2.85. The van der Waals surface area contributed by atoms with Gasteiger partial charge in [0.2, 0.25) is 0 Å². The van der Waals surface area contributed by atoms with Gasteiger partial charge in [-0.2, -0.15) is 5.26 Å². The van der Waals surface area contributed by atoms with E-state index in [1.54, 1.807) is 24.3 Å². The van der Waals surface area contributed by atoms with Gasteiger partial charge in [-0.25, -0.2) is 31.5 Å². The number of nitrogens with two attached hydrogens (primary N) is 2. The minimum atomic E-state index is -0.813. The molecule has 1 aromatic carbocycles. The molecule has 112 valence electrons. The van der Waals surface area contributed by atoms with Gasteiger partial charge in [-0.05, 0) is 12.1 Å². The summed E-state index contributed by atoms with van der Waals surface area (Å²) < 4.78 is 5.14. The van der Waals surface area contributed by atoms with Crippen molar-refractivity contribution in [3.63, 3.8) is 0 Å². The van der Waals surface area contributed by atoms with Gasteiger partial charge in [0.15, 0.2) is 5.82 Å². The highest BCUT2D eigenvalue weighted by Crippen LogP contribution is 2.28. The predicted molar refractivity (Wildman–Crippen MR) is 78.1 cm³/mol. The Balaban J connectivity index is 2.58. The SMILES string of the molecule is COc1cccc(-c2ncnc(N(N)C(=O)NN)c2C#N)c1. The molecule has 9 nitrogen and oxygen atoms in total. The number of nitriles is 1. The third-order valence-corrected chi connectivity index (χ3v) is 2.85. The van der Waals surface area contributed by atoms with Crippen molar-refractivity contribution in [3.8, 4) is 23.1 Å². The van der Waals surface area contributed by atoms with Crippen LogP contribution in [0.3, 0.4) is 0 Å². The molecule has 2 rings (SSSR count). The molecule has 0 bridgehead atoms. The summed E-state index contributed by atoms with van der Waals surface area (Å²) in [5, 5.41) is 10.0. The number of hydrogen-bond donors (Lipinski definition) is 3. The summed E-state index contributed by atoms with van der Waals surface area (Å²) in [6.45, 7) is 0. The van der Waals surface area contributed by atoms with Crippen molar-refractivity contribution in [1.82, 2.24) is 15.4 Å². The Kier molecular flexibility index (Phi) is 4.47. The average molecular weight is 299 g/mol. The van der Waals surface area contributed by atoms with Crippen LogP contribution in [-0.2, 0) is 0 Å². The fourth-order valence-electron chi connectivity index (χ4n) is 1.82.